The van der Waals surface area contributed by atoms with E-state index in [2.05, 4.69) is 4.90 Å². The van der Waals surface area contributed by atoms with E-state index in [1.165, 1.54) is 0 Å². The van der Waals surface area contributed by atoms with Crippen LogP contribution in [0.5, 0.6) is 11.5 Å². The Morgan fingerprint density at radius 1 is 1.27 bits per heavy atom. The number of rotatable bonds is 4. The van der Waals surface area contributed by atoms with Gasteiger partial charge in [0.2, 0.25) is 0 Å². The topological polar surface area (TPSA) is 43.7 Å². The third-order valence-electron chi connectivity index (χ3n) is 3.70. The molecule has 0 spiro atoms. The van der Waals surface area contributed by atoms with Gasteiger partial charge in [0, 0.05) is 32.4 Å². The lowest BCUT2D eigenvalue weighted by atomic mass is 10.2. The van der Waals surface area contributed by atoms with Crippen LogP contribution in [0, 0.1) is 0 Å². The van der Waals surface area contributed by atoms with Crippen LogP contribution in [0.2, 0.25) is 0 Å². The summed E-state index contributed by atoms with van der Waals surface area (Å²) in [5.41, 5.74) is 1.01. The Morgan fingerprint density at radius 2 is 2.05 bits per heavy atom. The van der Waals surface area contributed by atoms with E-state index in [4.69, 9.17) is 9.47 Å². The fourth-order valence-electron chi connectivity index (χ4n) is 2.56. The van der Waals surface area contributed by atoms with Gasteiger partial charge in [0.1, 0.15) is 12.7 Å². The molecule has 0 aliphatic carbocycles. The second-order valence-electron chi connectivity index (χ2n) is 5.68. The zero-order chi connectivity index (χ0) is 15.5. The number of pyridine rings is 1. The molecule has 3 rings (SSSR count). The molecule has 0 amide bonds. The van der Waals surface area contributed by atoms with Gasteiger partial charge in [-0.3, -0.25) is 9.69 Å². The quantitative estimate of drug-likeness (QED) is 0.861. The lowest BCUT2D eigenvalue weighted by Crippen LogP contribution is -2.39. The van der Waals surface area contributed by atoms with Gasteiger partial charge in [-0.15, -0.1) is 0 Å². The molecule has 2 heterocycles. The molecule has 0 saturated heterocycles. The lowest BCUT2D eigenvalue weighted by Gasteiger charge is -2.29. The average Bonchev–Trinajstić information content (AvgIpc) is 2.51. The van der Waals surface area contributed by atoms with Gasteiger partial charge in [0.15, 0.2) is 11.5 Å². The Hall–Kier alpha value is -2.27. The van der Waals surface area contributed by atoms with Crippen molar-refractivity contribution in [2.75, 3.05) is 20.2 Å². The van der Waals surface area contributed by atoms with Crippen molar-refractivity contribution in [3.8, 4) is 11.5 Å². The summed E-state index contributed by atoms with van der Waals surface area (Å²) < 4.78 is 13.2. The number of likely N-dealkylation sites (N-methyl/N-ethyl adjacent to an activating group) is 1. The van der Waals surface area contributed by atoms with Gasteiger partial charge in [0.05, 0.1) is 0 Å². The number of benzene rings is 1. The molecule has 0 saturated carbocycles. The Labute approximate surface area is 129 Å². The minimum absolute atomic E-state index is 0.00792. The maximum Gasteiger partial charge on any atom is 0.250 e. The fraction of sp³-hybridized carbons (Fsp3) is 0.353. The van der Waals surface area contributed by atoms with Crippen molar-refractivity contribution in [1.29, 1.82) is 0 Å². The molecule has 5 heteroatoms. The van der Waals surface area contributed by atoms with Crippen LogP contribution in [0.3, 0.4) is 0 Å². The minimum Gasteiger partial charge on any atom is -0.486 e. The zero-order valence-electron chi connectivity index (χ0n) is 12.9. The summed E-state index contributed by atoms with van der Waals surface area (Å²) in [6.07, 6.45) is 1.79. The first-order valence-corrected chi connectivity index (χ1v) is 7.34. The van der Waals surface area contributed by atoms with Gasteiger partial charge in [0.25, 0.3) is 5.56 Å². The molecule has 1 aromatic heterocycles. The average molecular weight is 300 g/mol. The van der Waals surface area contributed by atoms with Crippen molar-refractivity contribution >= 4 is 0 Å². The number of para-hydroxylation sites is 2. The summed E-state index contributed by atoms with van der Waals surface area (Å²) in [5, 5.41) is 0. The first-order chi connectivity index (χ1) is 10.6. The van der Waals surface area contributed by atoms with E-state index >= 15 is 0 Å². The van der Waals surface area contributed by atoms with Crippen molar-refractivity contribution in [2.24, 2.45) is 7.05 Å². The molecule has 116 valence electrons. The Balaban J connectivity index is 1.59. The molecule has 0 bridgehead atoms. The second kappa shape index (κ2) is 6.23. The monoisotopic (exact) mass is 300 g/mol. The normalized spacial score (nSPS) is 16.8. The summed E-state index contributed by atoms with van der Waals surface area (Å²) in [6.45, 7) is 1.99. The number of aromatic nitrogens is 1. The van der Waals surface area contributed by atoms with Crippen LogP contribution in [0.1, 0.15) is 5.56 Å². The first kappa shape index (κ1) is 14.7. The lowest BCUT2D eigenvalue weighted by molar-refractivity contribution is 0.0638. The summed E-state index contributed by atoms with van der Waals surface area (Å²) in [6, 6.07) is 11.3. The minimum atomic E-state index is -0.00792. The van der Waals surface area contributed by atoms with E-state index in [0.29, 0.717) is 13.2 Å². The van der Waals surface area contributed by atoms with E-state index in [1.54, 1.807) is 23.9 Å². The Morgan fingerprint density at radius 3 is 2.82 bits per heavy atom. The Bertz CT molecular complexity index is 711. The van der Waals surface area contributed by atoms with Gasteiger partial charge in [-0.25, -0.2) is 0 Å². The molecular formula is C17H20N2O3. The van der Waals surface area contributed by atoms with Crippen LogP contribution >= 0.6 is 0 Å². The molecule has 0 N–H and O–H groups in total. The van der Waals surface area contributed by atoms with Crippen molar-refractivity contribution in [3.63, 3.8) is 0 Å². The highest BCUT2D eigenvalue weighted by Gasteiger charge is 2.21. The highest BCUT2D eigenvalue weighted by atomic mass is 16.6. The summed E-state index contributed by atoms with van der Waals surface area (Å²) in [7, 11) is 3.77. The van der Waals surface area contributed by atoms with Crippen molar-refractivity contribution < 1.29 is 9.47 Å². The highest BCUT2D eigenvalue weighted by Crippen LogP contribution is 2.30. The number of fused-ring (bicyclic) bond motifs is 1. The van der Waals surface area contributed by atoms with Crippen LogP contribution in [0.15, 0.2) is 47.4 Å². The van der Waals surface area contributed by atoms with Crippen molar-refractivity contribution in [1.82, 2.24) is 9.47 Å². The molecule has 1 aliphatic heterocycles. The fourth-order valence-corrected chi connectivity index (χ4v) is 2.56. The molecule has 1 atom stereocenters. The maximum atomic E-state index is 11.6. The smallest absolute Gasteiger partial charge is 0.250 e. The molecule has 1 aliphatic rings. The SMILES string of the molecule is CN(Cc1ccn(C)c(=O)c1)CC1COc2ccccc2O1. The van der Waals surface area contributed by atoms with Gasteiger partial charge in [-0.05, 0) is 30.8 Å². The standard InChI is InChI=1S/C17H20N2O3/c1-18(10-13-7-8-19(2)17(20)9-13)11-14-12-21-15-5-3-4-6-16(15)22-14/h3-9,14H,10-12H2,1-2H3. The van der Waals surface area contributed by atoms with Crippen LogP contribution in [0.4, 0.5) is 0 Å². The van der Waals surface area contributed by atoms with Gasteiger partial charge < -0.3 is 14.0 Å². The predicted octanol–water partition coefficient (Wildman–Crippen LogP) is 1.66. The van der Waals surface area contributed by atoms with Crippen molar-refractivity contribution in [3.05, 3.63) is 58.5 Å². The first-order valence-electron chi connectivity index (χ1n) is 7.34. The molecule has 0 fully saturated rings. The molecule has 1 unspecified atom stereocenters. The number of nitrogens with zero attached hydrogens (tertiary/aromatic N) is 2. The van der Waals surface area contributed by atoms with Crippen LogP contribution < -0.4 is 15.0 Å². The van der Waals surface area contributed by atoms with E-state index in [-0.39, 0.29) is 11.7 Å². The van der Waals surface area contributed by atoms with E-state index in [0.717, 1.165) is 23.6 Å². The maximum absolute atomic E-state index is 11.6. The summed E-state index contributed by atoms with van der Waals surface area (Å²) in [4.78, 5) is 13.8. The number of hydrogen-bond acceptors (Lipinski definition) is 4. The molecule has 0 radical (unpaired) electrons. The molecule has 2 aromatic rings. The zero-order valence-corrected chi connectivity index (χ0v) is 12.9. The third-order valence-corrected chi connectivity index (χ3v) is 3.70. The summed E-state index contributed by atoms with van der Waals surface area (Å²) >= 11 is 0. The highest BCUT2D eigenvalue weighted by molar-refractivity contribution is 5.40. The third kappa shape index (κ3) is 3.31. The summed E-state index contributed by atoms with van der Waals surface area (Å²) in [5.74, 6) is 1.59. The molecule has 5 nitrogen and oxygen atoms in total. The van der Waals surface area contributed by atoms with E-state index in [9.17, 15) is 4.79 Å². The molecule has 22 heavy (non-hydrogen) atoms. The van der Waals surface area contributed by atoms with E-state index in [1.807, 2.05) is 37.4 Å². The van der Waals surface area contributed by atoms with Gasteiger partial charge in [-0.1, -0.05) is 12.1 Å². The van der Waals surface area contributed by atoms with Crippen LogP contribution in [0.25, 0.3) is 0 Å². The Kier molecular flexibility index (Phi) is 4.15. The van der Waals surface area contributed by atoms with Gasteiger partial charge >= 0.3 is 0 Å². The number of hydrogen-bond donors (Lipinski definition) is 0. The predicted molar refractivity (Wildman–Crippen MR) is 84.4 cm³/mol. The molecular weight excluding hydrogens is 280 g/mol. The van der Waals surface area contributed by atoms with Gasteiger partial charge in [-0.2, -0.15) is 0 Å². The van der Waals surface area contributed by atoms with E-state index < -0.39 is 0 Å². The van der Waals surface area contributed by atoms with Crippen molar-refractivity contribution in [2.45, 2.75) is 12.6 Å². The molecule has 1 aromatic carbocycles. The second-order valence-corrected chi connectivity index (χ2v) is 5.68. The number of aryl methyl sites for hydroxylation is 1. The largest absolute Gasteiger partial charge is 0.486 e. The van der Waals surface area contributed by atoms with Crippen LogP contribution in [-0.2, 0) is 13.6 Å². The van der Waals surface area contributed by atoms with Crippen LogP contribution in [-0.4, -0.2) is 35.8 Å². The number of ether oxygens (including phenoxy) is 2.